The number of alkyl halides is 3. The predicted molar refractivity (Wildman–Crippen MR) is 112 cm³/mol. The zero-order valence-corrected chi connectivity index (χ0v) is 16.6. The van der Waals surface area contributed by atoms with E-state index in [0.717, 1.165) is 16.5 Å². The number of halogens is 3. The number of hydrogen-bond acceptors (Lipinski definition) is 3. The maximum Gasteiger partial charge on any atom is 0.256 e. The first kappa shape index (κ1) is 19.6. The quantitative estimate of drug-likeness (QED) is 0.427. The number of rotatable bonds is 5. The van der Waals surface area contributed by atoms with Gasteiger partial charge in [-0.2, -0.15) is 0 Å². The molecular weight excluding hydrogens is 407 g/mol. The monoisotopic (exact) mass is 422 g/mol. The van der Waals surface area contributed by atoms with Crippen molar-refractivity contribution in [1.29, 1.82) is 0 Å². The molecular formula is C20H17Cl3N2O2. The maximum atomic E-state index is 12.7. The van der Waals surface area contributed by atoms with Gasteiger partial charge in [0, 0.05) is 11.1 Å². The molecule has 3 rings (SSSR count). The zero-order valence-electron chi connectivity index (χ0n) is 14.4. The molecule has 3 aromatic carbocycles. The summed E-state index contributed by atoms with van der Waals surface area (Å²) in [4.78, 5) is 12.7. The van der Waals surface area contributed by atoms with Crippen molar-refractivity contribution in [3.05, 3.63) is 72.3 Å². The van der Waals surface area contributed by atoms with Crippen LogP contribution in [0.5, 0.6) is 5.75 Å². The van der Waals surface area contributed by atoms with Crippen LogP contribution in [-0.2, 0) is 0 Å². The second-order valence-corrected chi connectivity index (χ2v) is 8.19. The molecule has 27 heavy (non-hydrogen) atoms. The highest BCUT2D eigenvalue weighted by Gasteiger charge is 2.35. The third-order valence-electron chi connectivity index (χ3n) is 4.04. The molecule has 140 valence electrons. The fourth-order valence-corrected chi connectivity index (χ4v) is 3.07. The van der Waals surface area contributed by atoms with Crippen LogP contribution in [0.1, 0.15) is 10.4 Å². The molecule has 0 aliphatic heterocycles. The van der Waals surface area contributed by atoms with Crippen molar-refractivity contribution >= 4 is 57.2 Å². The SMILES string of the molecule is COc1ccccc1C(=O)NC(Nc1cccc2ccccc12)C(Cl)(Cl)Cl. The number of carbonyl (C=O) groups is 1. The lowest BCUT2D eigenvalue weighted by Crippen LogP contribution is -2.49. The van der Waals surface area contributed by atoms with Gasteiger partial charge in [-0.15, -0.1) is 0 Å². The lowest BCUT2D eigenvalue weighted by Gasteiger charge is -2.28. The molecule has 1 unspecified atom stereocenters. The Labute approximate surface area is 172 Å². The molecule has 0 spiro atoms. The van der Waals surface area contributed by atoms with Crippen LogP contribution in [0.2, 0.25) is 0 Å². The number of methoxy groups -OCH3 is 1. The van der Waals surface area contributed by atoms with Gasteiger partial charge in [0.1, 0.15) is 11.9 Å². The Balaban J connectivity index is 1.90. The number of nitrogens with one attached hydrogen (secondary N) is 2. The molecule has 0 fully saturated rings. The van der Waals surface area contributed by atoms with Crippen molar-refractivity contribution in [3.63, 3.8) is 0 Å². The van der Waals surface area contributed by atoms with Crippen LogP contribution in [-0.4, -0.2) is 23.0 Å². The number of para-hydroxylation sites is 1. The smallest absolute Gasteiger partial charge is 0.256 e. The fourth-order valence-electron chi connectivity index (χ4n) is 2.75. The van der Waals surface area contributed by atoms with Crippen molar-refractivity contribution in [2.45, 2.75) is 9.96 Å². The minimum absolute atomic E-state index is 0.346. The van der Waals surface area contributed by atoms with E-state index in [9.17, 15) is 4.79 Å². The van der Waals surface area contributed by atoms with E-state index in [-0.39, 0.29) is 0 Å². The maximum absolute atomic E-state index is 12.7. The summed E-state index contributed by atoms with van der Waals surface area (Å²) in [6.45, 7) is 0. The Bertz CT molecular complexity index is 952. The number of hydrogen-bond donors (Lipinski definition) is 2. The average molecular weight is 424 g/mol. The highest BCUT2D eigenvalue weighted by Crippen LogP contribution is 2.33. The molecule has 0 aliphatic carbocycles. The van der Waals surface area contributed by atoms with E-state index >= 15 is 0 Å². The van der Waals surface area contributed by atoms with E-state index in [1.54, 1.807) is 24.3 Å². The molecule has 3 aromatic rings. The topological polar surface area (TPSA) is 50.4 Å². The molecule has 2 N–H and O–H groups in total. The summed E-state index contributed by atoms with van der Waals surface area (Å²) in [6.07, 6.45) is -0.967. The lowest BCUT2D eigenvalue weighted by atomic mass is 10.1. The number of carbonyl (C=O) groups excluding carboxylic acids is 1. The van der Waals surface area contributed by atoms with Crippen molar-refractivity contribution < 1.29 is 9.53 Å². The largest absolute Gasteiger partial charge is 0.496 e. The highest BCUT2D eigenvalue weighted by atomic mass is 35.6. The summed E-state index contributed by atoms with van der Waals surface area (Å²) in [5.74, 6) is 0.0136. The van der Waals surface area contributed by atoms with Crippen LogP contribution < -0.4 is 15.4 Å². The Morgan fingerprint density at radius 3 is 2.37 bits per heavy atom. The van der Waals surface area contributed by atoms with Crippen LogP contribution in [0.4, 0.5) is 5.69 Å². The standard InChI is InChI=1S/C20H17Cl3N2O2/c1-27-17-12-5-4-10-15(17)18(26)25-19(20(21,22)23)24-16-11-6-8-13-7-2-3-9-14(13)16/h2-12,19,24H,1H3,(H,25,26). The number of fused-ring (bicyclic) bond motifs is 1. The van der Waals surface area contributed by atoms with Crippen molar-refractivity contribution in [2.75, 3.05) is 12.4 Å². The summed E-state index contributed by atoms with van der Waals surface area (Å²) >= 11 is 18.4. The lowest BCUT2D eigenvalue weighted by molar-refractivity contribution is 0.0939. The second-order valence-electron chi connectivity index (χ2n) is 5.82. The van der Waals surface area contributed by atoms with Gasteiger partial charge in [-0.3, -0.25) is 4.79 Å². The molecule has 0 aliphatic rings. The van der Waals surface area contributed by atoms with Crippen LogP contribution >= 0.6 is 34.8 Å². The van der Waals surface area contributed by atoms with Crippen molar-refractivity contribution in [3.8, 4) is 5.75 Å². The minimum Gasteiger partial charge on any atom is -0.496 e. The highest BCUT2D eigenvalue weighted by molar-refractivity contribution is 6.68. The number of amides is 1. The molecule has 0 saturated carbocycles. The Hall–Kier alpha value is -2.14. The van der Waals surface area contributed by atoms with Gasteiger partial charge in [0.15, 0.2) is 0 Å². The minimum atomic E-state index is -1.78. The Morgan fingerprint density at radius 1 is 0.963 bits per heavy atom. The summed E-state index contributed by atoms with van der Waals surface area (Å²) in [5.41, 5.74) is 1.09. The molecule has 0 bridgehead atoms. The zero-order chi connectivity index (χ0) is 19.4. The number of anilines is 1. The van der Waals surface area contributed by atoms with Gasteiger partial charge in [0.05, 0.1) is 12.7 Å². The van der Waals surface area contributed by atoms with Crippen molar-refractivity contribution in [2.24, 2.45) is 0 Å². The van der Waals surface area contributed by atoms with Crippen molar-refractivity contribution in [1.82, 2.24) is 5.32 Å². The van der Waals surface area contributed by atoms with Crippen LogP contribution in [0, 0.1) is 0 Å². The molecule has 1 amide bonds. The molecule has 0 heterocycles. The van der Waals surface area contributed by atoms with Crippen LogP contribution in [0.3, 0.4) is 0 Å². The average Bonchev–Trinajstić information content (AvgIpc) is 2.66. The van der Waals surface area contributed by atoms with Gasteiger partial charge in [-0.05, 0) is 23.6 Å². The molecule has 1 atom stereocenters. The molecule has 0 saturated heterocycles. The van der Waals surface area contributed by atoms with E-state index < -0.39 is 15.9 Å². The van der Waals surface area contributed by atoms with Gasteiger partial charge in [0.25, 0.3) is 5.91 Å². The van der Waals surface area contributed by atoms with Gasteiger partial charge < -0.3 is 15.4 Å². The summed E-state index contributed by atoms with van der Waals surface area (Å²) in [7, 11) is 1.49. The first-order valence-electron chi connectivity index (χ1n) is 8.15. The van der Waals surface area contributed by atoms with E-state index in [2.05, 4.69) is 10.6 Å². The van der Waals surface area contributed by atoms with Gasteiger partial charge >= 0.3 is 0 Å². The van der Waals surface area contributed by atoms with Gasteiger partial charge in [-0.1, -0.05) is 83.3 Å². The molecule has 0 aromatic heterocycles. The van der Waals surface area contributed by atoms with Gasteiger partial charge in [-0.25, -0.2) is 0 Å². The Morgan fingerprint density at radius 2 is 1.63 bits per heavy atom. The fraction of sp³-hybridized carbons (Fsp3) is 0.150. The predicted octanol–water partition coefficient (Wildman–Crippen LogP) is 5.39. The van der Waals surface area contributed by atoms with E-state index in [1.807, 2.05) is 42.5 Å². The summed E-state index contributed by atoms with van der Waals surface area (Å²) < 4.78 is 3.45. The summed E-state index contributed by atoms with van der Waals surface area (Å²) in [5, 5.41) is 7.85. The second kappa shape index (κ2) is 8.26. The summed E-state index contributed by atoms with van der Waals surface area (Å²) in [6, 6.07) is 20.4. The third kappa shape index (κ3) is 4.59. The van der Waals surface area contributed by atoms with E-state index in [1.165, 1.54) is 7.11 Å². The normalized spacial score (nSPS) is 12.4. The molecule has 4 nitrogen and oxygen atoms in total. The van der Waals surface area contributed by atoms with Gasteiger partial charge in [0.2, 0.25) is 3.79 Å². The van der Waals surface area contributed by atoms with Crippen LogP contribution in [0.15, 0.2) is 66.7 Å². The first-order valence-corrected chi connectivity index (χ1v) is 9.28. The first-order chi connectivity index (χ1) is 12.9. The van der Waals surface area contributed by atoms with E-state index in [0.29, 0.717) is 11.3 Å². The third-order valence-corrected chi connectivity index (χ3v) is 4.70. The number of ether oxygens (including phenoxy) is 1. The van der Waals surface area contributed by atoms with E-state index in [4.69, 9.17) is 39.5 Å². The number of benzene rings is 3. The van der Waals surface area contributed by atoms with Crippen LogP contribution in [0.25, 0.3) is 10.8 Å². The Kier molecular flexibility index (Phi) is 6.00. The molecule has 0 radical (unpaired) electrons. The molecule has 7 heteroatoms.